The second kappa shape index (κ2) is 6.25. The van der Waals surface area contributed by atoms with Crippen molar-refractivity contribution >= 4 is 28.2 Å². The standard InChI is InChI=1S/C20H37NSi2/c1-12-17-15-13-14-16-18(17)21(22(8,9)19(2,3)4)23(10,11)20(5,6)7/h12-16H,1H2,2-11H3. The van der Waals surface area contributed by atoms with Crippen LogP contribution < -0.4 is 4.23 Å². The van der Waals surface area contributed by atoms with Crippen molar-refractivity contribution in [1.82, 2.24) is 0 Å². The third-order valence-electron chi connectivity index (χ3n) is 6.19. The monoisotopic (exact) mass is 347 g/mol. The zero-order valence-corrected chi connectivity index (χ0v) is 19.0. The van der Waals surface area contributed by atoms with E-state index in [2.05, 4.69) is 103 Å². The van der Waals surface area contributed by atoms with Crippen LogP contribution in [-0.4, -0.2) is 16.5 Å². The van der Waals surface area contributed by atoms with Gasteiger partial charge in [-0.15, -0.1) is 0 Å². The predicted octanol–water partition coefficient (Wildman–Crippen LogP) is 7.15. The summed E-state index contributed by atoms with van der Waals surface area (Å²) in [5, 5.41) is 0.605. The van der Waals surface area contributed by atoms with E-state index in [1.807, 2.05) is 6.08 Å². The molecule has 1 nitrogen and oxygen atoms in total. The van der Waals surface area contributed by atoms with Gasteiger partial charge in [-0.3, -0.25) is 0 Å². The number of para-hydroxylation sites is 1. The lowest BCUT2D eigenvalue weighted by atomic mass is 10.2. The van der Waals surface area contributed by atoms with E-state index >= 15 is 0 Å². The van der Waals surface area contributed by atoms with Gasteiger partial charge in [0.2, 0.25) is 0 Å². The summed E-state index contributed by atoms with van der Waals surface area (Å²) in [5.74, 6) is 0. The maximum Gasteiger partial charge on any atom is 0.147 e. The van der Waals surface area contributed by atoms with Crippen molar-refractivity contribution in [3.05, 3.63) is 36.4 Å². The fourth-order valence-corrected chi connectivity index (χ4v) is 13.4. The predicted molar refractivity (Wildman–Crippen MR) is 113 cm³/mol. The van der Waals surface area contributed by atoms with Crippen LogP contribution in [0.25, 0.3) is 6.08 Å². The molecule has 0 fully saturated rings. The van der Waals surface area contributed by atoms with Crippen molar-refractivity contribution in [1.29, 1.82) is 0 Å². The minimum absolute atomic E-state index is 0.302. The van der Waals surface area contributed by atoms with Gasteiger partial charge in [-0.2, -0.15) is 0 Å². The van der Waals surface area contributed by atoms with Crippen LogP contribution in [0.3, 0.4) is 0 Å². The molecular weight excluding hydrogens is 310 g/mol. The van der Waals surface area contributed by atoms with Crippen LogP contribution in [0.1, 0.15) is 47.1 Å². The van der Waals surface area contributed by atoms with Crippen molar-refractivity contribution in [3.63, 3.8) is 0 Å². The Morgan fingerprint density at radius 2 is 1.22 bits per heavy atom. The van der Waals surface area contributed by atoms with E-state index in [1.54, 1.807) is 0 Å². The van der Waals surface area contributed by atoms with Crippen molar-refractivity contribution in [3.8, 4) is 0 Å². The molecule has 0 heterocycles. The fraction of sp³-hybridized carbons (Fsp3) is 0.600. The molecule has 23 heavy (non-hydrogen) atoms. The van der Waals surface area contributed by atoms with Crippen LogP contribution >= 0.6 is 0 Å². The summed E-state index contributed by atoms with van der Waals surface area (Å²) in [4.78, 5) is 0. The zero-order valence-electron chi connectivity index (χ0n) is 17.0. The highest BCUT2D eigenvalue weighted by molar-refractivity contribution is 7.02. The van der Waals surface area contributed by atoms with Gasteiger partial charge in [0.05, 0.1) is 0 Å². The number of nitrogens with zero attached hydrogens (tertiary/aromatic N) is 1. The Balaban J connectivity index is 3.74. The van der Waals surface area contributed by atoms with E-state index in [4.69, 9.17) is 0 Å². The summed E-state index contributed by atoms with van der Waals surface area (Å²) in [5.41, 5.74) is 2.66. The van der Waals surface area contributed by atoms with Gasteiger partial charge >= 0.3 is 0 Å². The molecule has 0 radical (unpaired) electrons. The molecule has 1 aromatic rings. The van der Waals surface area contributed by atoms with E-state index in [0.29, 0.717) is 10.1 Å². The summed E-state index contributed by atoms with van der Waals surface area (Å²) in [6.07, 6.45) is 2.02. The van der Waals surface area contributed by atoms with Crippen LogP contribution in [-0.2, 0) is 0 Å². The van der Waals surface area contributed by atoms with Crippen LogP contribution in [0.2, 0.25) is 36.3 Å². The normalized spacial score (nSPS) is 13.8. The van der Waals surface area contributed by atoms with Gasteiger partial charge in [0, 0.05) is 5.69 Å². The van der Waals surface area contributed by atoms with Gasteiger partial charge in [-0.1, -0.05) is 98.6 Å². The number of anilines is 1. The maximum absolute atomic E-state index is 4.07. The van der Waals surface area contributed by atoms with Crippen molar-refractivity contribution in [2.45, 2.75) is 77.8 Å². The van der Waals surface area contributed by atoms with Gasteiger partial charge in [0.25, 0.3) is 0 Å². The lowest BCUT2D eigenvalue weighted by Gasteiger charge is -2.58. The number of benzene rings is 1. The summed E-state index contributed by atoms with van der Waals surface area (Å²) >= 11 is 0. The summed E-state index contributed by atoms with van der Waals surface area (Å²) in [6, 6.07) is 8.80. The van der Waals surface area contributed by atoms with Gasteiger partial charge < -0.3 is 4.23 Å². The minimum Gasteiger partial charge on any atom is -0.423 e. The molecule has 0 unspecified atom stereocenters. The molecular formula is C20H37NSi2. The molecule has 0 atom stereocenters. The van der Waals surface area contributed by atoms with E-state index in [1.165, 1.54) is 11.3 Å². The highest BCUT2D eigenvalue weighted by Crippen LogP contribution is 2.49. The maximum atomic E-state index is 4.07. The first kappa shape index (κ1) is 20.2. The highest BCUT2D eigenvalue weighted by Gasteiger charge is 2.52. The lowest BCUT2D eigenvalue weighted by molar-refractivity contribution is 0.695. The van der Waals surface area contributed by atoms with Crippen molar-refractivity contribution < 1.29 is 0 Å². The average molecular weight is 348 g/mol. The molecule has 1 rings (SSSR count). The molecule has 0 spiro atoms. The van der Waals surface area contributed by atoms with Crippen molar-refractivity contribution in [2.24, 2.45) is 0 Å². The molecule has 0 N–H and O–H groups in total. The van der Waals surface area contributed by atoms with Gasteiger partial charge in [0.15, 0.2) is 0 Å². The largest absolute Gasteiger partial charge is 0.423 e. The first-order valence-electron chi connectivity index (χ1n) is 8.70. The summed E-state index contributed by atoms with van der Waals surface area (Å²) < 4.78 is 2.90. The van der Waals surface area contributed by atoms with Crippen LogP contribution in [0.15, 0.2) is 30.8 Å². The molecule has 3 heteroatoms. The van der Waals surface area contributed by atoms with Crippen LogP contribution in [0.4, 0.5) is 5.69 Å². The minimum atomic E-state index is -1.72. The molecule has 0 aromatic heterocycles. The number of hydrogen-bond donors (Lipinski definition) is 0. The molecule has 1 aromatic carbocycles. The molecule has 0 saturated heterocycles. The summed E-state index contributed by atoms with van der Waals surface area (Å²) in [7, 11) is -3.44. The first-order chi connectivity index (χ1) is 10.2. The molecule has 0 aliphatic carbocycles. The average Bonchev–Trinajstić information content (AvgIpc) is 2.36. The van der Waals surface area contributed by atoms with Crippen LogP contribution in [0.5, 0.6) is 0 Å². The molecule has 0 amide bonds. The Hall–Kier alpha value is -0.806. The SMILES string of the molecule is C=Cc1ccccc1N([Si](C)(C)C(C)(C)C)[Si](C)(C)C(C)(C)C. The third-order valence-corrected chi connectivity index (χ3v) is 19.6. The fourth-order valence-electron chi connectivity index (χ4n) is 2.84. The second-order valence-corrected chi connectivity index (χ2v) is 20.3. The molecule has 130 valence electrons. The Labute approximate surface area is 147 Å². The Morgan fingerprint density at radius 1 is 0.826 bits per heavy atom. The van der Waals surface area contributed by atoms with E-state index in [0.717, 1.165) is 0 Å². The molecule has 0 aliphatic heterocycles. The van der Waals surface area contributed by atoms with Gasteiger partial charge in [-0.05, 0) is 21.7 Å². The van der Waals surface area contributed by atoms with Gasteiger partial charge in [0.1, 0.15) is 16.5 Å². The van der Waals surface area contributed by atoms with Crippen LogP contribution in [0, 0.1) is 0 Å². The van der Waals surface area contributed by atoms with E-state index in [-0.39, 0.29) is 0 Å². The third kappa shape index (κ3) is 3.66. The topological polar surface area (TPSA) is 3.24 Å². The number of hydrogen-bond acceptors (Lipinski definition) is 1. The zero-order chi connectivity index (χ0) is 18.3. The smallest absolute Gasteiger partial charge is 0.147 e. The Bertz CT molecular complexity index is 534. The van der Waals surface area contributed by atoms with E-state index < -0.39 is 16.5 Å². The highest BCUT2D eigenvalue weighted by atomic mass is 28.4. The quantitative estimate of drug-likeness (QED) is 0.523. The second-order valence-electron chi connectivity index (χ2n) is 9.72. The van der Waals surface area contributed by atoms with Crippen molar-refractivity contribution in [2.75, 3.05) is 4.23 Å². The molecule has 0 saturated carbocycles. The molecule has 0 aliphatic rings. The molecule has 0 bridgehead atoms. The Morgan fingerprint density at radius 3 is 1.57 bits per heavy atom. The number of rotatable bonds is 4. The van der Waals surface area contributed by atoms with E-state index in [9.17, 15) is 0 Å². The first-order valence-corrected chi connectivity index (χ1v) is 14.6. The lowest BCUT2D eigenvalue weighted by Crippen LogP contribution is -2.69. The van der Waals surface area contributed by atoms with Gasteiger partial charge in [-0.25, -0.2) is 0 Å². The Kier molecular flexibility index (Phi) is 5.50. The summed E-state index contributed by atoms with van der Waals surface area (Å²) in [6.45, 7) is 28.7.